The smallest absolute Gasteiger partial charge is 0.231 e. The maximum atomic E-state index is 8.47. The first-order valence-corrected chi connectivity index (χ1v) is 6.42. The van der Waals surface area contributed by atoms with Gasteiger partial charge in [0.05, 0.1) is 12.7 Å². The second-order valence-electron chi connectivity index (χ2n) is 4.31. The average Bonchev–Trinajstić information content (AvgIpc) is 2.86. The summed E-state index contributed by atoms with van der Waals surface area (Å²) in [6.45, 7) is 1.59. The van der Waals surface area contributed by atoms with Crippen molar-refractivity contribution in [1.82, 2.24) is 5.32 Å². The van der Waals surface area contributed by atoms with Crippen LogP contribution in [0.15, 0.2) is 12.1 Å². The molecule has 102 valence electrons. The average molecular weight is 262 g/mol. The third-order valence-electron chi connectivity index (χ3n) is 2.86. The number of rotatable bonds is 7. The Morgan fingerprint density at radius 2 is 2.11 bits per heavy atom. The van der Waals surface area contributed by atoms with Crippen LogP contribution in [-0.4, -0.2) is 20.4 Å². The summed E-state index contributed by atoms with van der Waals surface area (Å²) in [5.74, 6) is 2.31. The molecule has 1 aliphatic rings. The van der Waals surface area contributed by atoms with Gasteiger partial charge in [-0.1, -0.05) is 0 Å². The van der Waals surface area contributed by atoms with Gasteiger partial charge in [-0.25, -0.2) is 0 Å². The van der Waals surface area contributed by atoms with Crippen LogP contribution in [0.2, 0.25) is 0 Å². The molecule has 0 fully saturated rings. The summed E-state index contributed by atoms with van der Waals surface area (Å²) >= 11 is 0. The lowest BCUT2D eigenvalue weighted by Gasteiger charge is -2.12. The summed E-state index contributed by atoms with van der Waals surface area (Å²) in [5, 5.41) is 11.6. The second kappa shape index (κ2) is 6.86. The van der Waals surface area contributed by atoms with E-state index in [1.54, 1.807) is 0 Å². The highest BCUT2D eigenvalue weighted by atomic mass is 16.7. The van der Waals surface area contributed by atoms with E-state index in [1.165, 1.54) is 0 Å². The quantitative estimate of drug-likeness (QED) is 0.763. The zero-order valence-electron chi connectivity index (χ0n) is 11.1. The van der Waals surface area contributed by atoms with E-state index < -0.39 is 0 Å². The van der Waals surface area contributed by atoms with Crippen LogP contribution in [0.4, 0.5) is 0 Å². The van der Waals surface area contributed by atoms with E-state index in [9.17, 15) is 0 Å². The summed E-state index contributed by atoms with van der Waals surface area (Å²) in [6.07, 6.45) is 2.32. The zero-order valence-corrected chi connectivity index (χ0v) is 11.1. The molecule has 0 unspecified atom stereocenters. The Hall–Kier alpha value is -1.93. The number of fused-ring (bicyclic) bond motifs is 1. The zero-order chi connectivity index (χ0) is 13.5. The third kappa shape index (κ3) is 3.52. The van der Waals surface area contributed by atoms with Crippen LogP contribution >= 0.6 is 0 Å². The molecule has 1 heterocycles. The SMILES string of the molecule is CNCc1cc2c(cc1OCCCCC#N)OCO2. The number of unbranched alkanes of at least 4 members (excludes halogenated alkanes) is 2. The number of benzene rings is 1. The standard InChI is InChI=1S/C14H18N2O3/c1-16-9-11-7-13-14(19-10-18-13)8-12(11)17-6-4-2-3-5-15/h7-8,16H,2-4,6,9-10H2,1H3. The molecule has 0 bridgehead atoms. The second-order valence-corrected chi connectivity index (χ2v) is 4.31. The molecule has 0 saturated heterocycles. The molecule has 0 saturated carbocycles. The van der Waals surface area contributed by atoms with Crippen LogP contribution < -0.4 is 19.5 Å². The van der Waals surface area contributed by atoms with Gasteiger partial charge in [0.25, 0.3) is 0 Å². The molecular weight excluding hydrogens is 244 g/mol. The van der Waals surface area contributed by atoms with Gasteiger partial charge in [0.15, 0.2) is 11.5 Å². The first-order valence-electron chi connectivity index (χ1n) is 6.42. The molecule has 0 spiro atoms. The molecular formula is C14H18N2O3. The van der Waals surface area contributed by atoms with Crippen LogP contribution in [0.5, 0.6) is 17.2 Å². The van der Waals surface area contributed by atoms with E-state index >= 15 is 0 Å². The lowest BCUT2D eigenvalue weighted by atomic mass is 10.1. The van der Waals surface area contributed by atoms with Gasteiger partial charge in [0.1, 0.15) is 5.75 Å². The van der Waals surface area contributed by atoms with Gasteiger partial charge in [-0.05, 0) is 26.0 Å². The monoisotopic (exact) mass is 262 g/mol. The van der Waals surface area contributed by atoms with Gasteiger partial charge in [-0.15, -0.1) is 0 Å². The van der Waals surface area contributed by atoms with E-state index in [-0.39, 0.29) is 6.79 Å². The molecule has 2 rings (SSSR count). The largest absolute Gasteiger partial charge is 0.493 e. The fraction of sp³-hybridized carbons (Fsp3) is 0.500. The highest BCUT2D eigenvalue weighted by Crippen LogP contribution is 2.38. The summed E-state index contributed by atoms with van der Waals surface area (Å²) < 4.78 is 16.5. The Bertz CT molecular complexity index is 468. The van der Waals surface area contributed by atoms with Crippen molar-refractivity contribution in [2.45, 2.75) is 25.8 Å². The van der Waals surface area contributed by atoms with Crippen molar-refractivity contribution >= 4 is 0 Å². The van der Waals surface area contributed by atoms with Gasteiger partial charge in [-0.3, -0.25) is 0 Å². The predicted molar refractivity (Wildman–Crippen MR) is 70.3 cm³/mol. The molecule has 1 aromatic rings. The van der Waals surface area contributed by atoms with Gasteiger partial charge in [0.2, 0.25) is 6.79 Å². The summed E-state index contributed by atoms with van der Waals surface area (Å²) in [7, 11) is 1.89. The normalized spacial score (nSPS) is 12.2. The van der Waals surface area contributed by atoms with Crippen LogP contribution in [0.3, 0.4) is 0 Å². The van der Waals surface area contributed by atoms with Gasteiger partial charge >= 0.3 is 0 Å². The molecule has 1 N–H and O–H groups in total. The summed E-state index contributed by atoms with van der Waals surface area (Å²) in [4.78, 5) is 0. The number of nitrogens with zero attached hydrogens (tertiary/aromatic N) is 1. The van der Waals surface area contributed by atoms with Crippen LogP contribution in [0.25, 0.3) is 0 Å². The first-order chi connectivity index (χ1) is 9.35. The lowest BCUT2D eigenvalue weighted by Crippen LogP contribution is -2.08. The minimum atomic E-state index is 0.264. The molecule has 0 radical (unpaired) electrons. The van der Waals surface area contributed by atoms with Gasteiger partial charge in [0, 0.05) is 24.6 Å². The van der Waals surface area contributed by atoms with Crippen molar-refractivity contribution in [3.05, 3.63) is 17.7 Å². The number of nitriles is 1. The highest BCUT2D eigenvalue weighted by molar-refractivity contribution is 5.51. The Morgan fingerprint density at radius 3 is 2.84 bits per heavy atom. The fourth-order valence-corrected chi connectivity index (χ4v) is 1.92. The van der Waals surface area contributed by atoms with Crippen molar-refractivity contribution in [2.24, 2.45) is 0 Å². The number of hydrogen-bond donors (Lipinski definition) is 1. The molecule has 0 atom stereocenters. The Balaban J connectivity index is 1.99. The molecule has 1 aromatic carbocycles. The maximum Gasteiger partial charge on any atom is 0.231 e. The van der Waals surface area contributed by atoms with Gasteiger partial charge in [-0.2, -0.15) is 5.26 Å². The minimum absolute atomic E-state index is 0.264. The van der Waals surface area contributed by atoms with Crippen molar-refractivity contribution in [1.29, 1.82) is 5.26 Å². The molecule has 0 amide bonds. The molecule has 5 heteroatoms. The lowest BCUT2D eigenvalue weighted by molar-refractivity contribution is 0.173. The Morgan fingerprint density at radius 1 is 1.32 bits per heavy atom. The predicted octanol–water partition coefficient (Wildman–Crippen LogP) is 2.21. The summed E-state index contributed by atoms with van der Waals surface area (Å²) in [6, 6.07) is 5.95. The van der Waals surface area contributed by atoms with Gasteiger partial charge < -0.3 is 19.5 Å². The van der Waals surface area contributed by atoms with Crippen molar-refractivity contribution < 1.29 is 14.2 Å². The van der Waals surface area contributed by atoms with Crippen molar-refractivity contribution in [2.75, 3.05) is 20.4 Å². The van der Waals surface area contributed by atoms with Crippen molar-refractivity contribution in [3.63, 3.8) is 0 Å². The van der Waals surface area contributed by atoms with Crippen LogP contribution in [0, 0.1) is 11.3 Å². The first kappa shape index (κ1) is 13.5. The minimum Gasteiger partial charge on any atom is -0.493 e. The van der Waals surface area contributed by atoms with E-state index in [1.807, 2.05) is 19.2 Å². The fourth-order valence-electron chi connectivity index (χ4n) is 1.92. The number of ether oxygens (including phenoxy) is 3. The Labute approximate surface area is 113 Å². The Kier molecular flexibility index (Phi) is 4.87. The van der Waals surface area contributed by atoms with E-state index in [4.69, 9.17) is 19.5 Å². The molecule has 19 heavy (non-hydrogen) atoms. The highest BCUT2D eigenvalue weighted by Gasteiger charge is 2.17. The topological polar surface area (TPSA) is 63.5 Å². The summed E-state index contributed by atoms with van der Waals surface area (Å²) in [5.41, 5.74) is 1.05. The molecule has 0 aliphatic carbocycles. The number of hydrogen-bond acceptors (Lipinski definition) is 5. The molecule has 5 nitrogen and oxygen atoms in total. The molecule has 1 aliphatic heterocycles. The van der Waals surface area contributed by atoms with Crippen LogP contribution in [0.1, 0.15) is 24.8 Å². The number of nitrogens with one attached hydrogen (secondary N) is 1. The van der Waals surface area contributed by atoms with E-state index in [0.717, 1.165) is 35.7 Å². The van der Waals surface area contributed by atoms with Crippen LogP contribution in [-0.2, 0) is 6.54 Å². The van der Waals surface area contributed by atoms with E-state index in [0.29, 0.717) is 19.6 Å². The van der Waals surface area contributed by atoms with Crippen molar-refractivity contribution in [3.8, 4) is 23.3 Å². The third-order valence-corrected chi connectivity index (χ3v) is 2.86. The maximum absolute atomic E-state index is 8.47. The van der Waals surface area contributed by atoms with E-state index in [2.05, 4.69) is 11.4 Å². The molecule has 0 aromatic heterocycles.